The van der Waals surface area contributed by atoms with Crippen LogP contribution >= 0.6 is 23.1 Å². The summed E-state index contributed by atoms with van der Waals surface area (Å²) in [6.45, 7) is 10.8. The molecule has 25 heavy (non-hydrogen) atoms. The molecule has 7 heteroatoms. The van der Waals surface area contributed by atoms with Crippen molar-refractivity contribution >= 4 is 39.2 Å². The molecule has 0 N–H and O–H groups in total. The van der Waals surface area contributed by atoms with Crippen LogP contribution in [0.5, 0.6) is 0 Å². The lowest BCUT2D eigenvalue weighted by atomic mass is 10.2. The van der Waals surface area contributed by atoms with E-state index in [1.165, 1.54) is 11.8 Å². The molecular weight excluding hydrogens is 354 g/mol. The molecule has 1 amide bonds. The molecule has 2 aromatic heterocycles. The fourth-order valence-corrected chi connectivity index (χ4v) is 4.74. The summed E-state index contributed by atoms with van der Waals surface area (Å²) in [7, 11) is 1.83. The Labute approximate surface area is 157 Å². The number of amides is 1. The Bertz CT molecular complexity index is 824. The molecule has 2 aromatic rings. The van der Waals surface area contributed by atoms with Crippen LogP contribution in [0.2, 0.25) is 0 Å². The first kappa shape index (κ1) is 20.0. The van der Waals surface area contributed by atoms with E-state index < -0.39 is 0 Å². The zero-order valence-corrected chi connectivity index (χ0v) is 17.5. The van der Waals surface area contributed by atoms with Gasteiger partial charge in [-0.2, -0.15) is 0 Å². The molecule has 0 saturated carbocycles. The zero-order valence-electron chi connectivity index (χ0n) is 15.9. The maximum Gasteiger partial charge on any atom is 0.263 e. The van der Waals surface area contributed by atoms with Crippen LogP contribution < -0.4 is 5.56 Å². The minimum Gasteiger partial charge on any atom is -0.345 e. The van der Waals surface area contributed by atoms with Gasteiger partial charge in [-0.05, 0) is 39.7 Å². The molecule has 2 heterocycles. The molecule has 0 aliphatic heterocycles. The van der Waals surface area contributed by atoms with Crippen LogP contribution in [0.25, 0.3) is 10.2 Å². The third kappa shape index (κ3) is 4.26. The van der Waals surface area contributed by atoms with Crippen LogP contribution in [0.1, 0.15) is 50.1 Å². The number of aromatic nitrogens is 2. The SMILES string of the molecule is CCCCN(C)C(=O)CSc1nc2sc(C)c(C)c2c(=O)n1C(C)C. The van der Waals surface area contributed by atoms with Gasteiger partial charge in [-0.25, -0.2) is 4.98 Å². The van der Waals surface area contributed by atoms with Crippen molar-refractivity contribution in [3.8, 4) is 0 Å². The van der Waals surface area contributed by atoms with Crippen LogP contribution in [0.15, 0.2) is 9.95 Å². The molecule has 0 aliphatic rings. The van der Waals surface area contributed by atoms with Crippen molar-refractivity contribution in [3.05, 3.63) is 20.8 Å². The van der Waals surface area contributed by atoms with Gasteiger partial charge in [-0.3, -0.25) is 14.2 Å². The number of unbranched alkanes of at least 4 members (excludes halogenated alkanes) is 1. The summed E-state index contributed by atoms with van der Waals surface area (Å²) in [5, 5.41) is 1.35. The van der Waals surface area contributed by atoms with Gasteiger partial charge in [0.05, 0.1) is 11.1 Å². The molecule has 0 radical (unpaired) electrons. The van der Waals surface area contributed by atoms with Gasteiger partial charge in [0.15, 0.2) is 5.16 Å². The van der Waals surface area contributed by atoms with Crippen molar-refractivity contribution in [2.75, 3.05) is 19.3 Å². The number of thioether (sulfide) groups is 1. The highest BCUT2D eigenvalue weighted by molar-refractivity contribution is 7.99. The van der Waals surface area contributed by atoms with E-state index in [0.717, 1.165) is 34.7 Å². The summed E-state index contributed by atoms with van der Waals surface area (Å²) in [5.41, 5.74) is 1.01. The highest BCUT2D eigenvalue weighted by Crippen LogP contribution is 2.29. The van der Waals surface area contributed by atoms with Crippen molar-refractivity contribution in [3.63, 3.8) is 0 Å². The number of carbonyl (C=O) groups is 1. The van der Waals surface area contributed by atoms with Crippen LogP contribution in [-0.4, -0.2) is 39.7 Å². The highest BCUT2D eigenvalue weighted by Gasteiger charge is 2.19. The summed E-state index contributed by atoms with van der Waals surface area (Å²) in [5.74, 6) is 0.371. The predicted octanol–water partition coefficient (Wildman–Crippen LogP) is 4.01. The Hall–Kier alpha value is -1.34. The van der Waals surface area contributed by atoms with Gasteiger partial charge in [0, 0.05) is 24.5 Å². The smallest absolute Gasteiger partial charge is 0.263 e. The van der Waals surface area contributed by atoms with Gasteiger partial charge >= 0.3 is 0 Å². The van der Waals surface area contributed by atoms with Gasteiger partial charge in [-0.1, -0.05) is 25.1 Å². The first-order valence-corrected chi connectivity index (χ1v) is 10.5. The number of thiophene rings is 1. The van der Waals surface area contributed by atoms with Crippen LogP contribution in [0, 0.1) is 13.8 Å². The molecule has 0 unspecified atom stereocenters. The van der Waals surface area contributed by atoms with E-state index in [0.29, 0.717) is 16.3 Å². The summed E-state index contributed by atoms with van der Waals surface area (Å²) >= 11 is 2.90. The summed E-state index contributed by atoms with van der Waals surface area (Å²) in [6.07, 6.45) is 2.06. The monoisotopic (exact) mass is 381 g/mol. The second-order valence-corrected chi connectivity index (χ2v) is 8.73. The van der Waals surface area contributed by atoms with Gasteiger partial charge in [0.2, 0.25) is 5.91 Å². The number of nitrogens with zero attached hydrogens (tertiary/aromatic N) is 3. The maximum atomic E-state index is 13.0. The highest BCUT2D eigenvalue weighted by atomic mass is 32.2. The Morgan fingerprint density at radius 2 is 2.04 bits per heavy atom. The van der Waals surface area contributed by atoms with E-state index in [-0.39, 0.29) is 17.5 Å². The van der Waals surface area contributed by atoms with Gasteiger partial charge < -0.3 is 4.90 Å². The molecule has 0 atom stereocenters. The molecule has 0 saturated heterocycles. The first-order valence-electron chi connectivity index (χ1n) is 8.66. The summed E-state index contributed by atoms with van der Waals surface area (Å²) in [4.78, 5) is 33.6. The lowest BCUT2D eigenvalue weighted by Gasteiger charge is -2.18. The van der Waals surface area contributed by atoms with E-state index >= 15 is 0 Å². The second-order valence-electron chi connectivity index (χ2n) is 6.58. The van der Waals surface area contributed by atoms with Gasteiger partial charge in [0.1, 0.15) is 4.83 Å². The Morgan fingerprint density at radius 3 is 2.64 bits per heavy atom. The fraction of sp³-hybridized carbons (Fsp3) is 0.611. The van der Waals surface area contributed by atoms with Crippen LogP contribution in [-0.2, 0) is 4.79 Å². The molecule has 5 nitrogen and oxygen atoms in total. The van der Waals surface area contributed by atoms with E-state index in [4.69, 9.17) is 4.98 Å². The van der Waals surface area contributed by atoms with Crippen molar-refractivity contribution < 1.29 is 4.79 Å². The zero-order chi connectivity index (χ0) is 18.7. The standard InChI is InChI=1S/C18H27N3O2S2/c1-7-8-9-20(6)14(22)10-24-18-19-16-15(12(4)13(5)25-16)17(23)21(18)11(2)3/h11H,7-10H2,1-6H3. The number of hydrogen-bond acceptors (Lipinski definition) is 5. The van der Waals surface area contributed by atoms with Crippen molar-refractivity contribution in [1.82, 2.24) is 14.5 Å². The molecule has 0 aliphatic carbocycles. The van der Waals surface area contributed by atoms with Crippen molar-refractivity contribution in [2.45, 2.75) is 58.7 Å². The van der Waals surface area contributed by atoms with E-state index in [1.807, 2.05) is 34.7 Å². The van der Waals surface area contributed by atoms with Crippen molar-refractivity contribution in [2.24, 2.45) is 0 Å². The van der Waals surface area contributed by atoms with Crippen molar-refractivity contribution in [1.29, 1.82) is 0 Å². The minimum absolute atomic E-state index is 0.000529. The first-order chi connectivity index (χ1) is 11.8. The fourth-order valence-electron chi connectivity index (χ4n) is 2.60. The maximum absolute atomic E-state index is 13.0. The third-order valence-electron chi connectivity index (χ3n) is 4.32. The molecular formula is C18H27N3O2S2. The number of carbonyl (C=O) groups excluding carboxylic acids is 1. The third-order valence-corrected chi connectivity index (χ3v) is 6.36. The molecule has 138 valence electrons. The number of hydrogen-bond donors (Lipinski definition) is 0. The molecule has 0 bridgehead atoms. The Balaban J connectivity index is 2.33. The molecule has 0 spiro atoms. The Morgan fingerprint density at radius 1 is 1.36 bits per heavy atom. The van der Waals surface area contributed by atoms with E-state index in [2.05, 4.69) is 6.92 Å². The average molecular weight is 382 g/mol. The average Bonchev–Trinajstić information content (AvgIpc) is 2.84. The molecule has 0 fully saturated rings. The topological polar surface area (TPSA) is 55.2 Å². The summed E-state index contributed by atoms with van der Waals surface area (Å²) in [6, 6.07) is -0.000529. The van der Waals surface area contributed by atoms with Crippen LogP contribution in [0.3, 0.4) is 0 Å². The minimum atomic E-state index is -0.00358. The lowest BCUT2D eigenvalue weighted by Crippen LogP contribution is -2.30. The number of rotatable bonds is 7. The number of fused-ring (bicyclic) bond motifs is 1. The number of aryl methyl sites for hydroxylation is 2. The van der Waals surface area contributed by atoms with E-state index in [1.54, 1.807) is 20.8 Å². The largest absolute Gasteiger partial charge is 0.345 e. The second kappa shape index (κ2) is 8.36. The van der Waals surface area contributed by atoms with Gasteiger partial charge in [-0.15, -0.1) is 11.3 Å². The molecule has 0 aromatic carbocycles. The van der Waals surface area contributed by atoms with E-state index in [9.17, 15) is 9.59 Å². The Kier molecular flexibility index (Phi) is 6.68. The predicted molar refractivity (Wildman–Crippen MR) is 107 cm³/mol. The summed E-state index contributed by atoms with van der Waals surface area (Å²) < 4.78 is 1.71. The molecule has 2 rings (SSSR count). The lowest BCUT2D eigenvalue weighted by molar-refractivity contribution is -0.127. The quantitative estimate of drug-likeness (QED) is 0.537. The van der Waals surface area contributed by atoms with Crippen LogP contribution in [0.4, 0.5) is 0 Å². The van der Waals surface area contributed by atoms with Gasteiger partial charge in [0.25, 0.3) is 5.56 Å². The normalized spacial score (nSPS) is 11.5.